The van der Waals surface area contributed by atoms with Gasteiger partial charge in [0.1, 0.15) is 27.9 Å². The normalized spacial score (nSPS) is 11.8. The van der Waals surface area contributed by atoms with E-state index in [1.807, 2.05) is 72.8 Å². The van der Waals surface area contributed by atoms with E-state index >= 15 is 0 Å². The second-order valence-electron chi connectivity index (χ2n) is 36.0. The number of rotatable bonds is 9. The van der Waals surface area contributed by atoms with Crippen LogP contribution in [0.4, 0.5) is 11.4 Å². The summed E-state index contributed by atoms with van der Waals surface area (Å²) in [4.78, 5) is 7.73. The summed E-state index contributed by atoms with van der Waals surface area (Å²) < 4.78 is 33.5. The molecule has 0 aliphatic heterocycles. The van der Waals surface area contributed by atoms with Gasteiger partial charge in [-0.3, -0.25) is 0 Å². The lowest BCUT2D eigenvalue weighted by atomic mass is 9.96. The summed E-state index contributed by atoms with van der Waals surface area (Å²) >= 11 is 0. The molecular weight excluding hydrogens is 1720 g/mol. The van der Waals surface area contributed by atoms with Crippen LogP contribution in [-0.2, 0) is 0 Å². The standard InChI is InChI=1S/3C43H25N3O/c1-44-27-22-23-32(39(26-27)45-35-17-7-2-12-28(35)29-13-3-8-18-36(29)45)30-14-4-9-19-37(30)46-38-20-10-5-15-31(38)33-24-25-41-42(43(33)46)34-16-6-11-21-40(34)47-41;1-44-27-22-23-32(40(26-27)45-36-17-7-2-12-28(36)29-13-3-8-18-37(29)45)30-14-4-9-19-38(30)46-39-20-10-5-15-31(39)34-24-25-35-33-16-6-11-21-41(33)47-43(35)42(34)46;44-26-27-12-11-22-39(45-35-18-6-1-13-28(35)29-14-2-7-19-36(29)45)43(27)32-17-4-9-21-38(32)46-37-20-8-3-15-30(37)33-24-34-31-16-5-10-23-41(31)47-42(34)25-40(33)46/h2*2-26H;1-25H. The van der Waals surface area contributed by atoms with E-state index < -0.39 is 0 Å². The highest BCUT2D eigenvalue weighted by molar-refractivity contribution is 6.27. The van der Waals surface area contributed by atoms with Crippen LogP contribution in [0.1, 0.15) is 5.56 Å². The van der Waals surface area contributed by atoms with Crippen LogP contribution in [0, 0.1) is 24.5 Å². The summed E-state index contributed by atoms with van der Waals surface area (Å²) in [6, 6.07) is 161. The molecule has 141 heavy (non-hydrogen) atoms. The molecule has 0 N–H and O–H groups in total. The van der Waals surface area contributed by atoms with Crippen LogP contribution >= 0.6 is 0 Å². The topological polar surface area (TPSA) is 102 Å². The maximum atomic E-state index is 10.6. The predicted octanol–water partition coefficient (Wildman–Crippen LogP) is 35.3. The molecule has 0 radical (unpaired) electrons. The lowest BCUT2D eigenvalue weighted by molar-refractivity contribution is 0.669. The van der Waals surface area contributed by atoms with Crippen molar-refractivity contribution in [3.8, 4) is 73.6 Å². The highest BCUT2D eigenvalue weighted by Crippen LogP contribution is 2.51. The Hall–Kier alpha value is -19.7. The summed E-state index contributed by atoms with van der Waals surface area (Å²) in [5.74, 6) is 0. The van der Waals surface area contributed by atoms with Crippen LogP contribution < -0.4 is 0 Å². The molecule has 0 bridgehead atoms. The van der Waals surface area contributed by atoms with Gasteiger partial charge < -0.3 is 40.7 Å². The molecule has 0 amide bonds. The molecule has 654 valence electrons. The Balaban J connectivity index is 0.000000104. The van der Waals surface area contributed by atoms with Crippen LogP contribution in [0.2, 0.25) is 0 Å². The summed E-state index contributed by atoms with van der Waals surface area (Å²) in [6.45, 7) is 15.9. The fourth-order valence-corrected chi connectivity index (χ4v) is 22.8. The zero-order chi connectivity index (χ0) is 93.2. The number of benzene rings is 21. The first-order valence-corrected chi connectivity index (χ1v) is 47.2. The average Bonchev–Trinajstić information content (AvgIpc) is 1.55. The van der Waals surface area contributed by atoms with E-state index in [1.165, 1.54) is 53.9 Å². The van der Waals surface area contributed by atoms with Gasteiger partial charge in [0.15, 0.2) is 17.0 Å². The van der Waals surface area contributed by atoms with E-state index in [0.29, 0.717) is 16.9 Å². The molecule has 21 aromatic carbocycles. The number of nitrogens with zero attached hydrogens (tertiary/aromatic N) is 9. The van der Waals surface area contributed by atoms with Crippen molar-refractivity contribution in [3.63, 3.8) is 0 Å². The van der Waals surface area contributed by atoms with E-state index in [1.54, 1.807) is 0 Å². The molecule has 0 saturated carbocycles. The Morgan fingerprint density at radius 2 is 0.518 bits per heavy atom. The van der Waals surface area contributed by atoms with E-state index in [-0.39, 0.29) is 0 Å². The van der Waals surface area contributed by atoms with Crippen LogP contribution in [0.5, 0.6) is 0 Å². The second-order valence-corrected chi connectivity index (χ2v) is 36.0. The molecule has 12 heteroatoms. The molecule has 0 saturated heterocycles. The maximum Gasteiger partial charge on any atom is 0.189 e. The van der Waals surface area contributed by atoms with Gasteiger partial charge in [0.25, 0.3) is 0 Å². The second kappa shape index (κ2) is 31.7. The van der Waals surface area contributed by atoms with Gasteiger partial charge in [-0.15, -0.1) is 0 Å². The Morgan fingerprint density at radius 1 is 0.199 bits per heavy atom. The van der Waals surface area contributed by atoms with Crippen LogP contribution in [0.25, 0.3) is 274 Å². The van der Waals surface area contributed by atoms with Gasteiger partial charge in [0.05, 0.1) is 119 Å². The van der Waals surface area contributed by atoms with Gasteiger partial charge in [0.2, 0.25) is 0 Å². The molecule has 0 aliphatic carbocycles. The quantitative estimate of drug-likeness (QED) is 0.134. The number of hydrogen-bond acceptors (Lipinski definition) is 4. The van der Waals surface area contributed by atoms with Crippen molar-refractivity contribution in [3.05, 3.63) is 483 Å². The molecule has 0 unspecified atom stereocenters. The van der Waals surface area contributed by atoms with Crippen LogP contribution in [0.15, 0.2) is 468 Å². The van der Waals surface area contributed by atoms with Gasteiger partial charge in [-0.1, -0.05) is 309 Å². The van der Waals surface area contributed by atoms with Crippen LogP contribution in [0.3, 0.4) is 0 Å². The number of hydrogen-bond donors (Lipinski definition) is 0. The first-order valence-electron chi connectivity index (χ1n) is 47.2. The highest BCUT2D eigenvalue weighted by atomic mass is 16.3. The van der Waals surface area contributed by atoms with E-state index in [4.69, 9.17) is 26.4 Å². The van der Waals surface area contributed by atoms with Gasteiger partial charge in [-0.2, -0.15) is 5.26 Å². The highest BCUT2D eigenvalue weighted by Gasteiger charge is 2.30. The maximum absolute atomic E-state index is 10.6. The number of fused-ring (bicyclic) bond motifs is 29. The van der Waals surface area contributed by atoms with Gasteiger partial charge in [0, 0.05) is 142 Å². The number of furan rings is 3. The fourth-order valence-electron chi connectivity index (χ4n) is 22.8. The minimum Gasteiger partial charge on any atom is -0.456 e. The zero-order valence-electron chi connectivity index (χ0n) is 75.6. The smallest absolute Gasteiger partial charge is 0.189 e. The molecule has 30 rings (SSSR count). The average molecular weight is 1800 g/mol. The molecule has 9 aromatic heterocycles. The van der Waals surface area contributed by atoms with Crippen molar-refractivity contribution in [1.82, 2.24) is 27.4 Å². The predicted molar refractivity (Wildman–Crippen MR) is 581 cm³/mol. The Bertz CT molecular complexity index is 10500. The van der Waals surface area contributed by atoms with Gasteiger partial charge >= 0.3 is 0 Å². The van der Waals surface area contributed by atoms with Crippen molar-refractivity contribution in [1.29, 1.82) is 5.26 Å². The summed E-state index contributed by atoms with van der Waals surface area (Å²) in [6.07, 6.45) is 0. The molecule has 0 atom stereocenters. The third-order valence-corrected chi connectivity index (χ3v) is 28.7. The number of para-hydroxylation sites is 15. The largest absolute Gasteiger partial charge is 0.456 e. The number of nitriles is 1. The van der Waals surface area contributed by atoms with Crippen molar-refractivity contribution in [2.24, 2.45) is 0 Å². The van der Waals surface area contributed by atoms with E-state index in [9.17, 15) is 5.26 Å². The van der Waals surface area contributed by atoms with Gasteiger partial charge in [-0.25, -0.2) is 9.69 Å². The van der Waals surface area contributed by atoms with Crippen molar-refractivity contribution >= 4 is 208 Å². The van der Waals surface area contributed by atoms with Crippen molar-refractivity contribution in [2.45, 2.75) is 0 Å². The van der Waals surface area contributed by atoms with E-state index in [2.05, 4.69) is 425 Å². The SMILES string of the molecule is N#Cc1cccc(-n2c3ccccc3c3ccccc32)c1-c1ccccc1-n1c2ccccc2c2cc3c(cc21)oc1ccccc13.[C-]#[N+]c1ccc(-c2ccccc2-n2c3ccccc3c3ccc4c5ccccc5oc4c32)c(-n2c3ccccc3c3ccccc32)c1.[C-]#[N+]c1ccc(-c2ccccc2-n2c3ccccc3c3ccc4oc5ccccc5c4c32)c(-n2c3ccccc3c3ccccc32)c1. The van der Waals surface area contributed by atoms with Gasteiger partial charge in [-0.05, 0) is 140 Å². The molecule has 0 spiro atoms. The molecule has 9 heterocycles. The third kappa shape index (κ3) is 12.1. The Kier molecular flexibility index (Phi) is 18.0. The minimum atomic E-state index is 0.601. The zero-order valence-corrected chi connectivity index (χ0v) is 75.6. The Labute approximate surface area is 805 Å². The molecule has 30 aromatic rings. The van der Waals surface area contributed by atoms with Crippen molar-refractivity contribution < 1.29 is 13.3 Å². The summed E-state index contributed by atoms with van der Waals surface area (Å²) in [5, 5.41) is 31.4. The molecular formula is C129H75N9O3. The summed E-state index contributed by atoms with van der Waals surface area (Å²) in [7, 11) is 0. The monoisotopic (exact) mass is 1800 g/mol. The third-order valence-electron chi connectivity index (χ3n) is 28.7. The lowest BCUT2D eigenvalue weighted by Gasteiger charge is -2.19. The summed E-state index contributed by atoms with van der Waals surface area (Å²) in [5.41, 5.74) is 32.4. The molecule has 0 aliphatic rings. The van der Waals surface area contributed by atoms with Crippen LogP contribution in [-0.4, -0.2) is 27.4 Å². The minimum absolute atomic E-state index is 0.601. The first kappa shape index (κ1) is 79.8. The van der Waals surface area contributed by atoms with Crippen molar-refractivity contribution in [2.75, 3.05) is 0 Å². The molecule has 0 fully saturated rings. The van der Waals surface area contributed by atoms with E-state index in [0.717, 1.165) is 210 Å². The fraction of sp³-hybridized carbons (Fsp3) is 0. The first-order chi connectivity index (χ1) is 69.9. The molecule has 12 nitrogen and oxygen atoms in total. The lowest BCUT2D eigenvalue weighted by Crippen LogP contribution is -2.03. The number of aromatic nitrogens is 6. The Morgan fingerprint density at radius 3 is 0.986 bits per heavy atom.